The molecule has 0 atom stereocenters. The molecular weight excluding hydrogens is 240 g/mol. The lowest BCUT2D eigenvalue weighted by molar-refractivity contribution is -0.131. The molecule has 3 N–H and O–H groups in total. The van der Waals surface area contributed by atoms with E-state index in [2.05, 4.69) is 10.4 Å². The van der Waals surface area contributed by atoms with E-state index in [-0.39, 0.29) is 0 Å². The number of urea groups is 1. The van der Waals surface area contributed by atoms with Gasteiger partial charge in [0.05, 0.1) is 0 Å². The van der Waals surface area contributed by atoms with Crippen LogP contribution < -0.4 is 10.6 Å². The van der Waals surface area contributed by atoms with E-state index >= 15 is 0 Å². The van der Waals surface area contributed by atoms with Crippen molar-refractivity contribution in [2.24, 2.45) is 7.05 Å². The van der Waals surface area contributed by atoms with E-state index in [1.165, 1.54) is 0 Å². The minimum absolute atomic E-state index is 0.294. The zero-order valence-corrected chi connectivity index (χ0v) is 9.80. The number of nitrogens with one attached hydrogen (secondary N) is 2. The van der Waals surface area contributed by atoms with Crippen LogP contribution in [0.5, 0.6) is 0 Å². The van der Waals surface area contributed by atoms with E-state index in [4.69, 9.17) is 5.11 Å². The van der Waals surface area contributed by atoms with Crippen LogP contribution in [0.2, 0.25) is 0 Å². The lowest BCUT2D eigenvalue weighted by atomic mass is 10.4. The van der Waals surface area contributed by atoms with Gasteiger partial charge in [-0.3, -0.25) is 20.1 Å². The Labute approximate surface area is 102 Å². The fourth-order valence-corrected chi connectivity index (χ4v) is 1.07. The van der Waals surface area contributed by atoms with Crippen molar-refractivity contribution in [3.05, 3.63) is 23.9 Å². The van der Waals surface area contributed by atoms with Gasteiger partial charge in [0.15, 0.2) is 5.82 Å². The Kier molecular flexibility index (Phi) is 4.19. The van der Waals surface area contributed by atoms with Gasteiger partial charge in [-0.2, -0.15) is 5.10 Å². The van der Waals surface area contributed by atoms with E-state index in [1.54, 1.807) is 24.7 Å². The number of hydrogen-bond donors (Lipinski definition) is 3. The maximum atomic E-state index is 11.3. The number of carbonyl (C=O) groups is 3. The Morgan fingerprint density at radius 1 is 1.39 bits per heavy atom. The quantitative estimate of drug-likeness (QED) is 0.656. The van der Waals surface area contributed by atoms with Crippen LogP contribution >= 0.6 is 0 Å². The molecule has 0 aliphatic rings. The van der Waals surface area contributed by atoms with Gasteiger partial charge in [0.25, 0.3) is 5.91 Å². The van der Waals surface area contributed by atoms with Crippen molar-refractivity contribution >= 4 is 23.7 Å². The smallest absolute Gasteiger partial charge is 0.328 e. The number of nitrogens with zero attached hydrogens (tertiary/aromatic N) is 2. The number of aromatic nitrogens is 2. The van der Waals surface area contributed by atoms with Gasteiger partial charge in [-0.1, -0.05) is 0 Å². The number of carboxylic acids is 1. The van der Waals surface area contributed by atoms with Gasteiger partial charge >= 0.3 is 12.0 Å². The summed E-state index contributed by atoms with van der Waals surface area (Å²) in [6, 6.07) is 0.838. The van der Waals surface area contributed by atoms with Crippen LogP contribution in [0.15, 0.2) is 18.2 Å². The molecule has 8 nitrogen and oxygen atoms in total. The first-order chi connectivity index (χ1) is 8.38. The molecule has 0 aromatic carbocycles. The molecule has 0 radical (unpaired) electrons. The van der Waals surface area contributed by atoms with Crippen molar-refractivity contribution in [2.75, 3.05) is 5.32 Å². The number of anilines is 1. The Morgan fingerprint density at radius 2 is 2.06 bits per heavy atom. The van der Waals surface area contributed by atoms with Crippen LogP contribution in [0.4, 0.5) is 10.6 Å². The fourth-order valence-electron chi connectivity index (χ4n) is 1.07. The van der Waals surface area contributed by atoms with Crippen LogP contribution in [0.1, 0.15) is 5.69 Å². The second-order valence-corrected chi connectivity index (χ2v) is 3.41. The van der Waals surface area contributed by atoms with E-state index in [9.17, 15) is 14.4 Å². The van der Waals surface area contributed by atoms with Crippen molar-refractivity contribution in [3.8, 4) is 0 Å². The maximum Gasteiger partial charge on any atom is 0.328 e. The SMILES string of the molecule is Cc1cc(NC(=O)NC(=O)/C=C/C(=O)O)nn1C. The van der Waals surface area contributed by atoms with Gasteiger partial charge in [0, 0.05) is 31.0 Å². The van der Waals surface area contributed by atoms with E-state index in [0.717, 1.165) is 11.8 Å². The van der Waals surface area contributed by atoms with Gasteiger partial charge in [0.2, 0.25) is 0 Å². The first kappa shape index (κ1) is 13.4. The lowest BCUT2D eigenvalue weighted by Crippen LogP contribution is -2.33. The fraction of sp³-hybridized carbons (Fsp3) is 0.200. The number of aliphatic carboxylic acids is 1. The van der Waals surface area contributed by atoms with Crippen LogP contribution in [-0.4, -0.2) is 32.8 Å². The topological polar surface area (TPSA) is 113 Å². The molecule has 0 saturated heterocycles. The number of imide groups is 1. The highest BCUT2D eigenvalue weighted by Crippen LogP contribution is 2.05. The van der Waals surface area contributed by atoms with Gasteiger partial charge in [-0.15, -0.1) is 0 Å². The molecule has 0 unspecified atom stereocenters. The molecule has 3 amide bonds. The molecule has 0 aliphatic heterocycles. The third kappa shape index (κ3) is 4.08. The largest absolute Gasteiger partial charge is 0.478 e. The normalized spacial score (nSPS) is 10.3. The summed E-state index contributed by atoms with van der Waals surface area (Å²) in [4.78, 5) is 32.5. The number of rotatable bonds is 3. The summed E-state index contributed by atoms with van der Waals surface area (Å²) in [5.41, 5.74) is 0.836. The van der Waals surface area contributed by atoms with E-state index < -0.39 is 17.9 Å². The number of carboxylic acid groups (broad SMARTS) is 1. The van der Waals surface area contributed by atoms with Crippen LogP contribution in [0.3, 0.4) is 0 Å². The molecular formula is C10H12N4O4. The number of aryl methyl sites for hydroxylation is 2. The van der Waals surface area contributed by atoms with Gasteiger partial charge in [0.1, 0.15) is 0 Å². The number of hydrogen-bond acceptors (Lipinski definition) is 4. The van der Waals surface area contributed by atoms with Crippen LogP contribution in [-0.2, 0) is 16.6 Å². The molecule has 0 bridgehead atoms. The van der Waals surface area contributed by atoms with Gasteiger partial charge < -0.3 is 5.11 Å². The lowest BCUT2D eigenvalue weighted by Gasteiger charge is -2.00. The first-order valence-electron chi connectivity index (χ1n) is 4.92. The molecule has 0 saturated carbocycles. The maximum absolute atomic E-state index is 11.3. The predicted octanol–water partition coefficient (Wildman–Crippen LogP) is 0.0174. The second-order valence-electron chi connectivity index (χ2n) is 3.41. The van der Waals surface area contributed by atoms with E-state index in [0.29, 0.717) is 11.9 Å². The first-order valence-corrected chi connectivity index (χ1v) is 4.92. The molecule has 0 spiro atoms. The molecule has 0 aliphatic carbocycles. The second kappa shape index (κ2) is 5.62. The van der Waals surface area contributed by atoms with Crippen molar-refractivity contribution in [1.82, 2.24) is 15.1 Å². The number of amides is 3. The monoisotopic (exact) mass is 252 g/mol. The van der Waals surface area contributed by atoms with Crippen LogP contribution in [0.25, 0.3) is 0 Å². The minimum Gasteiger partial charge on any atom is -0.478 e. The Balaban J connectivity index is 2.52. The van der Waals surface area contributed by atoms with E-state index in [1.807, 2.05) is 5.32 Å². The Hall–Kier alpha value is -2.64. The third-order valence-corrected chi connectivity index (χ3v) is 1.97. The van der Waals surface area contributed by atoms with Gasteiger partial charge in [-0.05, 0) is 6.92 Å². The highest BCUT2D eigenvalue weighted by atomic mass is 16.4. The summed E-state index contributed by atoms with van der Waals surface area (Å²) in [5.74, 6) is -1.81. The highest BCUT2D eigenvalue weighted by molar-refractivity contribution is 6.06. The molecule has 1 aromatic heterocycles. The average molecular weight is 252 g/mol. The number of carbonyl (C=O) groups excluding carboxylic acids is 2. The highest BCUT2D eigenvalue weighted by Gasteiger charge is 2.08. The summed E-state index contributed by atoms with van der Waals surface area (Å²) >= 11 is 0. The standard InChI is InChI=1S/C10H12N4O4/c1-6-5-7(13-14(6)2)11-10(18)12-8(15)3-4-9(16)17/h3-5H,1-2H3,(H,16,17)(H2,11,12,13,15,18)/b4-3+. The zero-order chi connectivity index (χ0) is 13.7. The molecule has 0 fully saturated rings. The average Bonchev–Trinajstić information content (AvgIpc) is 2.54. The summed E-state index contributed by atoms with van der Waals surface area (Å²) in [7, 11) is 1.71. The van der Waals surface area contributed by atoms with Crippen molar-refractivity contribution in [1.29, 1.82) is 0 Å². The van der Waals surface area contributed by atoms with Crippen molar-refractivity contribution < 1.29 is 19.5 Å². The predicted molar refractivity (Wildman–Crippen MR) is 61.9 cm³/mol. The molecule has 1 rings (SSSR count). The summed E-state index contributed by atoms with van der Waals surface area (Å²) in [6.45, 7) is 1.80. The molecule has 96 valence electrons. The molecule has 18 heavy (non-hydrogen) atoms. The van der Waals surface area contributed by atoms with Crippen molar-refractivity contribution in [3.63, 3.8) is 0 Å². The Morgan fingerprint density at radius 3 is 2.56 bits per heavy atom. The summed E-state index contributed by atoms with van der Waals surface area (Å²) in [6.07, 6.45) is 1.37. The molecule has 8 heteroatoms. The zero-order valence-electron chi connectivity index (χ0n) is 9.80. The Bertz CT molecular complexity index is 498. The van der Waals surface area contributed by atoms with Crippen LogP contribution in [0, 0.1) is 6.92 Å². The van der Waals surface area contributed by atoms with Crippen molar-refractivity contribution in [2.45, 2.75) is 6.92 Å². The summed E-state index contributed by atoms with van der Waals surface area (Å²) in [5, 5.41) is 16.5. The minimum atomic E-state index is -1.27. The third-order valence-electron chi connectivity index (χ3n) is 1.97. The molecule has 1 aromatic rings. The molecule has 1 heterocycles. The van der Waals surface area contributed by atoms with Gasteiger partial charge in [-0.25, -0.2) is 9.59 Å². The summed E-state index contributed by atoms with van der Waals surface area (Å²) < 4.78 is 1.56.